The molecule has 5 nitrogen and oxygen atoms in total. The Morgan fingerprint density at radius 1 is 1.47 bits per heavy atom. The van der Waals surface area contributed by atoms with Crippen LogP contribution in [0.2, 0.25) is 0 Å². The highest BCUT2D eigenvalue weighted by Gasteiger charge is 2.27. The van der Waals surface area contributed by atoms with E-state index in [1.54, 1.807) is 0 Å². The molecule has 0 saturated heterocycles. The number of nitrogens with one attached hydrogen (secondary N) is 1. The highest BCUT2D eigenvalue weighted by molar-refractivity contribution is 7.91. The molecule has 1 heterocycles. The van der Waals surface area contributed by atoms with Crippen molar-refractivity contribution in [3.05, 3.63) is 17.0 Å². The summed E-state index contributed by atoms with van der Waals surface area (Å²) in [4.78, 5) is 10.8. The highest BCUT2D eigenvalue weighted by atomic mass is 32.2. The second-order valence-electron chi connectivity index (χ2n) is 4.91. The minimum Gasteiger partial charge on any atom is -0.478 e. The van der Waals surface area contributed by atoms with Gasteiger partial charge in [0.2, 0.25) is 10.0 Å². The maximum absolute atomic E-state index is 12.1. The van der Waals surface area contributed by atoms with E-state index in [2.05, 4.69) is 4.72 Å². The van der Waals surface area contributed by atoms with Crippen molar-refractivity contribution in [2.45, 2.75) is 42.9 Å². The van der Waals surface area contributed by atoms with E-state index in [4.69, 9.17) is 5.11 Å². The number of carbonyl (C=O) groups is 1. The lowest BCUT2D eigenvalue weighted by molar-refractivity contribution is 0.0697. The summed E-state index contributed by atoms with van der Waals surface area (Å²) in [5.74, 6) is -0.727. The van der Waals surface area contributed by atoms with Gasteiger partial charge in [-0.2, -0.15) is 0 Å². The molecule has 1 fully saturated rings. The first-order valence-corrected chi connectivity index (χ1v) is 8.60. The fraction of sp³-hybridized carbons (Fsp3) is 0.583. The van der Waals surface area contributed by atoms with Crippen molar-refractivity contribution in [2.75, 3.05) is 0 Å². The molecule has 0 spiro atoms. The molecule has 2 N–H and O–H groups in total. The van der Waals surface area contributed by atoms with Crippen LogP contribution in [-0.4, -0.2) is 25.5 Å². The first-order chi connectivity index (χ1) is 8.90. The standard InChI is InChI=1S/C12H17NO4S2/c1-8(9-4-2-3-5-9)13-19(16,17)11-6-10(7-18-11)12(14)15/h6-9,13H,2-5H2,1H3,(H,14,15)/t8-/m1/s1. The Kier molecular flexibility index (Phi) is 4.27. The van der Waals surface area contributed by atoms with E-state index < -0.39 is 16.0 Å². The van der Waals surface area contributed by atoms with Gasteiger partial charge in [-0.1, -0.05) is 12.8 Å². The summed E-state index contributed by atoms with van der Waals surface area (Å²) < 4.78 is 27.0. The maximum Gasteiger partial charge on any atom is 0.336 e. The third-order valence-corrected chi connectivity index (χ3v) is 6.53. The summed E-state index contributed by atoms with van der Waals surface area (Å²) in [5, 5.41) is 10.2. The zero-order chi connectivity index (χ0) is 14.0. The number of rotatable bonds is 5. The van der Waals surface area contributed by atoms with Crippen molar-refractivity contribution in [2.24, 2.45) is 5.92 Å². The highest BCUT2D eigenvalue weighted by Crippen LogP contribution is 2.29. The fourth-order valence-corrected chi connectivity index (χ4v) is 4.91. The molecule has 0 unspecified atom stereocenters. The van der Waals surface area contributed by atoms with Crippen LogP contribution in [0.3, 0.4) is 0 Å². The average molecular weight is 303 g/mol. The van der Waals surface area contributed by atoms with Crippen LogP contribution < -0.4 is 4.72 Å². The minimum absolute atomic E-state index is 0.0129. The summed E-state index contributed by atoms with van der Waals surface area (Å²) in [6.45, 7) is 1.87. The number of thiophene rings is 1. The minimum atomic E-state index is -3.60. The molecule has 1 aliphatic carbocycles. The predicted octanol–water partition coefficient (Wildman–Crippen LogP) is 2.30. The number of hydrogen-bond acceptors (Lipinski definition) is 4. The van der Waals surface area contributed by atoms with Crippen molar-refractivity contribution in [1.29, 1.82) is 0 Å². The Morgan fingerprint density at radius 2 is 2.11 bits per heavy atom. The lowest BCUT2D eigenvalue weighted by atomic mass is 10.0. The van der Waals surface area contributed by atoms with Gasteiger partial charge in [0.05, 0.1) is 5.56 Å². The van der Waals surface area contributed by atoms with E-state index in [9.17, 15) is 13.2 Å². The van der Waals surface area contributed by atoms with Crippen molar-refractivity contribution in [3.63, 3.8) is 0 Å². The van der Waals surface area contributed by atoms with Crippen molar-refractivity contribution < 1.29 is 18.3 Å². The summed E-state index contributed by atoms with van der Waals surface area (Å²) in [7, 11) is -3.60. The van der Waals surface area contributed by atoms with Crippen molar-refractivity contribution in [3.8, 4) is 0 Å². The van der Waals surface area contributed by atoms with Gasteiger partial charge in [0, 0.05) is 11.4 Å². The number of carboxylic acid groups (broad SMARTS) is 1. The van der Waals surface area contributed by atoms with E-state index in [-0.39, 0.29) is 15.8 Å². The van der Waals surface area contributed by atoms with Gasteiger partial charge >= 0.3 is 5.97 Å². The van der Waals surface area contributed by atoms with Crippen LogP contribution in [0.15, 0.2) is 15.7 Å². The molecule has 1 aliphatic rings. The SMILES string of the molecule is C[C@@H](NS(=O)(=O)c1cc(C(=O)O)cs1)C1CCCC1. The van der Waals surface area contributed by atoms with Crippen LogP contribution in [0.1, 0.15) is 43.0 Å². The third kappa shape index (κ3) is 3.34. The van der Waals surface area contributed by atoms with Crippen LogP contribution in [0.4, 0.5) is 0 Å². The van der Waals surface area contributed by atoms with E-state index >= 15 is 0 Å². The van der Waals surface area contributed by atoms with Gasteiger partial charge in [-0.05, 0) is 31.7 Å². The summed E-state index contributed by atoms with van der Waals surface area (Å²) in [5.41, 5.74) is 0.0129. The fourth-order valence-electron chi connectivity index (χ4n) is 2.43. The molecule has 0 aliphatic heterocycles. The summed E-state index contributed by atoms with van der Waals surface area (Å²) in [6, 6.07) is 1.10. The Bertz CT molecular complexity index is 558. The summed E-state index contributed by atoms with van der Waals surface area (Å²) in [6.07, 6.45) is 4.40. The first kappa shape index (κ1) is 14.5. The Morgan fingerprint density at radius 3 is 2.63 bits per heavy atom. The first-order valence-electron chi connectivity index (χ1n) is 6.24. The molecule has 1 aromatic rings. The van der Waals surface area contributed by atoms with E-state index in [0.29, 0.717) is 5.92 Å². The van der Waals surface area contributed by atoms with Gasteiger partial charge in [-0.3, -0.25) is 0 Å². The molecule has 1 atom stereocenters. The van der Waals surface area contributed by atoms with Crippen molar-refractivity contribution in [1.82, 2.24) is 4.72 Å². The topological polar surface area (TPSA) is 83.5 Å². The Balaban J connectivity index is 2.10. The van der Waals surface area contributed by atoms with Crippen LogP contribution >= 0.6 is 11.3 Å². The number of sulfonamides is 1. The average Bonchev–Trinajstić information content (AvgIpc) is 3.00. The lowest BCUT2D eigenvalue weighted by Gasteiger charge is -2.19. The second kappa shape index (κ2) is 5.60. The zero-order valence-corrected chi connectivity index (χ0v) is 12.3. The third-order valence-electron chi connectivity index (χ3n) is 3.54. The van der Waals surface area contributed by atoms with Crippen LogP contribution in [-0.2, 0) is 10.0 Å². The largest absolute Gasteiger partial charge is 0.478 e. The second-order valence-corrected chi connectivity index (χ2v) is 7.77. The van der Waals surface area contributed by atoms with E-state index in [0.717, 1.165) is 37.0 Å². The molecule has 2 rings (SSSR count). The normalized spacial score (nSPS) is 18.6. The van der Waals surface area contributed by atoms with E-state index in [1.165, 1.54) is 11.4 Å². The molecule has 1 aromatic heterocycles. The Hall–Kier alpha value is -0.920. The molecule has 106 valence electrons. The predicted molar refractivity (Wildman–Crippen MR) is 73.0 cm³/mol. The quantitative estimate of drug-likeness (QED) is 0.874. The van der Waals surface area contributed by atoms with Gasteiger partial charge in [-0.15, -0.1) is 11.3 Å². The molecule has 7 heteroatoms. The number of hydrogen-bond donors (Lipinski definition) is 2. The molecular formula is C12H17NO4S2. The Labute approximate surface area is 116 Å². The summed E-state index contributed by atoms with van der Waals surface area (Å²) >= 11 is 0.938. The molecule has 19 heavy (non-hydrogen) atoms. The van der Waals surface area contributed by atoms with Gasteiger partial charge in [0.1, 0.15) is 4.21 Å². The van der Waals surface area contributed by atoms with Crippen LogP contribution in [0, 0.1) is 5.92 Å². The molecular weight excluding hydrogens is 286 g/mol. The molecule has 0 bridgehead atoms. The number of aromatic carboxylic acids is 1. The van der Waals surface area contributed by atoms with Gasteiger partial charge in [0.15, 0.2) is 0 Å². The van der Waals surface area contributed by atoms with Gasteiger partial charge in [0.25, 0.3) is 0 Å². The molecule has 0 radical (unpaired) electrons. The van der Waals surface area contributed by atoms with Crippen LogP contribution in [0.5, 0.6) is 0 Å². The lowest BCUT2D eigenvalue weighted by Crippen LogP contribution is -2.36. The zero-order valence-electron chi connectivity index (χ0n) is 10.6. The smallest absolute Gasteiger partial charge is 0.336 e. The molecule has 0 aromatic carbocycles. The van der Waals surface area contributed by atoms with Gasteiger partial charge < -0.3 is 5.11 Å². The van der Waals surface area contributed by atoms with Crippen LogP contribution in [0.25, 0.3) is 0 Å². The monoisotopic (exact) mass is 303 g/mol. The number of carboxylic acids is 1. The molecule has 0 amide bonds. The molecule has 1 saturated carbocycles. The maximum atomic E-state index is 12.1. The van der Waals surface area contributed by atoms with Crippen molar-refractivity contribution >= 4 is 27.3 Å². The van der Waals surface area contributed by atoms with Gasteiger partial charge in [-0.25, -0.2) is 17.9 Å². The van der Waals surface area contributed by atoms with E-state index in [1.807, 2.05) is 6.92 Å².